The van der Waals surface area contributed by atoms with Crippen LogP contribution >= 0.6 is 0 Å². The molecule has 0 saturated carbocycles. The fraction of sp³-hybridized carbons (Fsp3) is 0.643. The number of hydrogen-bond acceptors (Lipinski definition) is 4. The Morgan fingerprint density at radius 1 is 1.38 bits per heavy atom. The summed E-state index contributed by atoms with van der Waals surface area (Å²) < 4.78 is 32.0. The van der Waals surface area contributed by atoms with Crippen LogP contribution < -0.4 is 5.32 Å². The first-order valence-electron chi connectivity index (χ1n) is 7.12. The van der Waals surface area contributed by atoms with Gasteiger partial charge in [-0.2, -0.15) is 4.31 Å². The third-order valence-electron chi connectivity index (χ3n) is 3.94. The van der Waals surface area contributed by atoms with E-state index >= 15 is 0 Å². The van der Waals surface area contributed by atoms with Crippen LogP contribution in [0.2, 0.25) is 0 Å². The van der Waals surface area contributed by atoms with E-state index in [2.05, 4.69) is 5.32 Å². The van der Waals surface area contributed by atoms with Crippen molar-refractivity contribution in [1.29, 1.82) is 0 Å². The fourth-order valence-corrected chi connectivity index (χ4v) is 4.41. The Bertz CT molecular complexity index is 613. The van der Waals surface area contributed by atoms with Crippen LogP contribution in [0.25, 0.3) is 0 Å². The van der Waals surface area contributed by atoms with Crippen molar-refractivity contribution in [2.45, 2.75) is 38.0 Å². The highest BCUT2D eigenvalue weighted by atomic mass is 32.2. The lowest BCUT2D eigenvalue weighted by Gasteiger charge is -2.30. The lowest BCUT2D eigenvalue weighted by molar-refractivity contribution is -0.121. The van der Waals surface area contributed by atoms with Gasteiger partial charge in [0.2, 0.25) is 15.9 Å². The average molecular weight is 314 g/mol. The maximum atomic E-state index is 12.6. The van der Waals surface area contributed by atoms with Gasteiger partial charge < -0.3 is 9.73 Å². The van der Waals surface area contributed by atoms with E-state index in [1.165, 1.54) is 4.31 Å². The second kappa shape index (κ2) is 6.19. The molecule has 0 atom stereocenters. The summed E-state index contributed by atoms with van der Waals surface area (Å²) in [7, 11) is -1.87. The number of rotatable bonds is 4. The van der Waals surface area contributed by atoms with Crippen molar-refractivity contribution >= 4 is 15.9 Å². The van der Waals surface area contributed by atoms with Crippen LogP contribution in [0, 0.1) is 19.8 Å². The van der Waals surface area contributed by atoms with E-state index in [1.54, 1.807) is 27.0 Å². The highest BCUT2D eigenvalue weighted by Crippen LogP contribution is 2.28. The Hall–Kier alpha value is -1.34. The van der Waals surface area contributed by atoms with Crippen LogP contribution in [0.1, 0.15) is 30.8 Å². The van der Waals surface area contributed by atoms with E-state index in [1.807, 2.05) is 0 Å². The third kappa shape index (κ3) is 3.47. The van der Waals surface area contributed by atoms with E-state index < -0.39 is 10.0 Å². The number of carbonyl (C=O) groups is 1. The average Bonchev–Trinajstić information content (AvgIpc) is 2.79. The summed E-state index contributed by atoms with van der Waals surface area (Å²) in [6.07, 6.45) is 1.89. The zero-order valence-corrected chi connectivity index (χ0v) is 13.5. The van der Waals surface area contributed by atoms with Crippen LogP contribution in [0.5, 0.6) is 0 Å². The lowest BCUT2D eigenvalue weighted by Crippen LogP contribution is -2.39. The standard InChI is InChI=1S/C14H22N2O4S/c1-10-8-13(11(2)20-10)21(18,19)16-6-4-12(5-7-16)9-14(17)15-3/h8,12H,4-7,9H2,1-3H3,(H,15,17). The second-order valence-corrected chi connectivity index (χ2v) is 7.41. The number of nitrogens with one attached hydrogen (secondary N) is 1. The molecule has 0 aliphatic carbocycles. The SMILES string of the molecule is CNC(=O)CC1CCN(S(=O)(=O)c2cc(C)oc2C)CC1. The lowest BCUT2D eigenvalue weighted by atomic mass is 9.94. The molecule has 0 radical (unpaired) electrons. The van der Waals surface area contributed by atoms with Gasteiger partial charge in [-0.3, -0.25) is 4.79 Å². The minimum atomic E-state index is -3.49. The van der Waals surface area contributed by atoms with Crippen molar-refractivity contribution in [2.75, 3.05) is 20.1 Å². The van der Waals surface area contributed by atoms with Crippen molar-refractivity contribution in [3.05, 3.63) is 17.6 Å². The van der Waals surface area contributed by atoms with Crippen molar-refractivity contribution in [3.8, 4) is 0 Å². The number of carbonyl (C=O) groups excluding carboxylic acids is 1. The molecule has 1 amide bonds. The fourth-order valence-electron chi connectivity index (χ4n) is 2.72. The number of furan rings is 1. The molecule has 0 unspecified atom stereocenters. The minimum absolute atomic E-state index is 0.0117. The summed E-state index contributed by atoms with van der Waals surface area (Å²) in [5.41, 5.74) is 0. The quantitative estimate of drug-likeness (QED) is 0.912. The molecule has 1 aliphatic heterocycles. The number of hydrogen-bond donors (Lipinski definition) is 1. The van der Waals surface area contributed by atoms with Crippen LogP contribution in [0.3, 0.4) is 0 Å². The second-order valence-electron chi connectivity index (χ2n) is 5.50. The molecule has 2 rings (SSSR count). The van der Waals surface area contributed by atoms with Crippen molar-refractivity contribution < 1.29 is 17.6 Å². The molecule has 6 nitrogen and oxygen atoms in total. The zero-order chi connectivity index (χ0) is 15.6. The Balaban J connectivity index is 2.04. The van der Waals surface area contributed by atoms with Crippen LogP contribution in [0.15, 0.2) is 15.4 Å². The van der Waals surface area contributed by atoms with Gasteiger partial charge in [-0.05, 0) is 38.7 Å². The molecule has 1 saturated heterocycles. The smallest absolute Gasteiger partial charge is 0.246 e. The van der Waals surface area contributed by atoms with Gasteiger partial charge in [0.25, 0.3) is 0 Å². The molecule has 2 heterocycles. The molecule has 0 spiro atoms. The summed E-state index contributed by atoms with van der Waals surface area (Å²) in [6.45, 7) is 4.31. The normalized spacial score (nSPS) is 17.9. The maximum absolute atomic E-state index is 12.6. The van der Waals surface area contributed by atoms with Crippen molar-refractivity contribution in [3.63, 3.8) is 0 Å². The molecule has 1 fully saturated rings. The highest BCUT2D eigenvalue weighted by Gasteiger charge is 2.32. The Morgan fingerprint density at radius 3 is 2.48 bits per heavy atom. The maximum Gasteiger partial charge on any atom is 0.246 e. The number of nitrogens with zero attached hydrogens (tertiary/aromatic N) is 1. The molecule has 0 bridgehead atoms. The van der Waals surface area contributed by atoms with Crippen molar-refractivity contribution in [2.24, 2.45) is 5.92 Å². The summed E-state index contributed by atoms with van der Waals surface area (Å²) in [4.78, 5) is 11.6. The molecule has 21 heavy (non-hydrogen) atoms. The molecular formula is C14H22N2O4S. The van der Waals surface area contributed by atoms with Crippen LogP contribution in [0.4, 0.5) is 0 Å². The van der Waals surface area contributed by atoms with Gasteiger partial charge in [0.15, 0.2) is 0 Å². The van der Waals surface area contributed by atoms with E-state index in [0.29, 0.717) is 43.9 Å². The Labute approximate surface area is 125 Å². The van der Waals surface area contributed by atoms with Gasteiger partial charge in [-0.1, -0.05) is 0 Å². The summed E-state index contributed by atoms with van der Waals surface area (Å²) >= 11 is 0. The number of amides is 1. The summed E-state index contributed by atoms with van der Waals surface area (Å²) in [5.74, 6) is 1.29. The van der Waals surface area contributed by atoms with Gasteiger partial charge in [0, 0.05) is 26.6 Å². The van der Waals surface area contributed by atoms with E-state index in [4.69, 9.17) is 4.42 Å². The molecule has 0 aromatic carbocycles. The first-order valence-corrected chi connectivity index (χ1v) is 8.56. The number of aryl methyl sites for hydroxylation is 2. The first kappa shape index (κ1) is 16.0. The van der Waals surface area contributed by atoms with Crippen molar-refractivity contribution in [1.82, 2.24) is 9.62 Å². The zero-order valence-electron chi connectivity index (χ0n) is 12.7. The summed E-state index contributed by atoms with van der Waals surface area (Å²) in [6, 6.07) is 1.57. The third-order valence-corrected chi connectivity index (χ3v) is 5.95. The number of sulfonamides is 1. The Kier molecular flexibility index (Phi) is 4.73. The van der Waals surface area contributed by atoms with Gasteiger partial charge in [0.05, 0.1) is 0 Å². The van der Waals surface area contributed by atoms with E-state index in [9.17, 15) is 13.2 Å². The van der Waals surface area contributed by atoms with Gasteiger partial charge in [0.1, 0.15) is 16.4 Å². The minimum Gasteiger partial charge on any atom is -0.465 e. The molecule has 118 valence electrons. The molecule has 1 aromatic rings. The molecule has 1 aromatic heterocycles. The van der Waals surface area contributed by atoms with Crippen LogP contribution in [-0.2, 0) is 14.8 Å². The highest BCUT2D eigenvalue weighted by molar-refractivity contribution is 7.89. The largest absolute Gasteiger partial charge is 0.465 e. The number of piperidine rings is 1. The topological polar surface area (TPSA) is 79.6 Å². The molecular weight excluding hydrogens is 292 g/mol. The van der Waals surface area contributed by atoms with Gasteiger partial charge >= 0.3 is 0 Å². The van der Waals surface area contributed by atoms with E-state index in [-0.39, 0.29) is 16.7 Å². The molecule has 1 aliphatic rings. The Morgan fingerprint density at radius 2 is 2.00 bits per heavy atom. The van der Waals surface area contributed by atoms with Gasteiger partial charge in [-0.25, -0.2) is 8.42 Å². The van der Waals surface area contributed by atoms with Crippen LogP contribution in [-0.4, -0.2) is 38.8 Å². The first-order chi connectivity index (χ1) is 9.84. The molecule has 7 heteroatoms. The predicted molar refractivity (Wildman–Crippen MR) is 78.3 cm³/mol. The predicted octanol–water partition coefficient (Wildman–Crippen LogP) is 1.43. The van der Waals surface area contributed by atoms with E-state index in [0.717, 1.165) is 0 Å². The molecule has 1 N–H and O–H groups in total. The summed E-state index contributed by atoms with van der Waals surface area (Å²) in [5, 5.41) is 2.61. The monoisotopic (exact) mass is 314 g/mol. The van der Waals surface area contributed by atoms with Gasteiger partial charge in [-0.15, -0.1) is 0 Å².